The molecule has 0 fully saturated rings. The van der Waals surface area contributed by atoms with Gasteiger partial charge in [-0.2, -0.15) is 0 Å². The summed E-state index contributed by atoms with van der Waals surface area (Å²) in [5.74, 6) is 0. The van der Waals surface area contributed by atoms with Gasteiger partial charge in [0.15, 0.2) is 0 Å². The van der Waals surface area contributed by atoms with Crippen LogP contribution >= 0.6 is 15.9 Å². The Bertz CT molecular complexity index is 414. The fourth-order valence-corrected chi connectivity index (χ4v) is 1.41. The number of aromatic nitrogens is 2. The second kappa shape index (κ2) is 4.89. The van der Waals surface area contributed by atoms with Crippen LogP contribution in [0.25, 0.3) is 0 Å². The van der Waals surface area contributed by atoms with E-state index in [2.05, 4.69) is 31.2 Å². The van der Waals surface area contributed by atoms with E-state index in [-0.39, 0.29) is 0 Å². The molecular weight excluding hydrogens is 254 g/mol. The lowest BCUT2D eigenvalue weighted by Crippen LogP contribution is -2.01. The molecule has 0 saturated heterocycles. The van der Waals surface area contributed by atoms with Crippen molar-refractivity contribution in [1.29, 1.82) is 0 Å². The van der Waals surface area contributed by atoms with E-state index in [1.807, 2.05) is 24.3 Å². The summed E-state index contributed by atoms with van der Waals surface area (Å²) in [7, 11) is 0. The van der Waals surface area contributed by atoms with Crippen LogP contribution in [-0.2, 0) is 6.54 Å². The Morgan fingerprint density at radius 2 is 2.13 bits per heavy atom. The van der Waals surface area contributed by atoms with Gasteiger partial charge in [-0.1, -0.05) is 0 Å². The first kappa shape index (κ1) is 10.1. The summed E-state index contributed by atoms with van der Waals surface area (Å²) in [6, 6.07) is 7.84. The van der Waals surface area contributed by atoms with Crippen molar-refractivity contribution in [2.45, 2.75) is 6.54 Å². The average Bonchev–Trinajstić information content (AvgIpc) is 2.30. The maximum Gasteiger partial charge on any atom is 0.0595 e. The molecule has 0 radical (unpaired) electrons. The fourth-order valence-electron chi connectivity index (χ4n) is 1.17. The number of hydrogen-bond donors (Lipinski definition) is 1. The van der Waals surface area contributed by atoms with E-state index in [0.717, 1.165) is 15.9 Å². The van der Waals surface area contributed by atoms with Gasteiger partial charge in [0.05, 0.1) is 17.9 Å². The summed E-state index contributed by atoms with van der Waals surface area (Å²) in [6.45, 7) is 0.707. The Balaban J connectivity index is 1.96. The molecule has 2 aromatic rings. The quantitative estimate of drug-likeness (QED) is 0.926. The minimum absolute atomic E-state index is 0.707. The van der Waals surface area contributed by atoms with Crippen LogP contribution in [-0.4, -0.2) is 9.97 Å². The van der Waals surface area contributed by atoms with Crippen LogP contribution in [0.3, 0.4) is 0 Å². The van der Waals surface area contributed by atoms with E-state index < -0.39 is 0 Å². The van der Waals surface area contributed by atoms with Gasteiger partial charge in [0.2, 0.25) is 0 Å². The predicted octanol–water partition coefficient (Wildman–Crippen LogP) is 2.85. The standard InChI is InChI=1S/C11H10BrN3/c12-9-3-4-11(14-6-9)8-15-10-2-1-5-13-7-10/h1-7,15H,8H2. The molecule has 76 valence electrons. The number of rotatable bonds is 3. The number of hydrogen-bond acceptors (Lipinski definition) is 3. The molecule has 0 unspecified atom stereocenters. The molecule has 0 aromatic carbocycles. The summed E-state index contributed by atoms with van der Waals surface area (Å²) >= 11 is 3.35. The lowest BCUT2D eigenvalue weighted by Gasteiger charge is -2.04. The van der Waals surface area contributed by atoms with Crippen LogP contribution in [0.2, 0.25) is 0 Å². The number of nitrogens with zero attached hydrogens (tertiary/aromatic N) is 2. The van der Waals surface area contributed by atoms with E-state index in [4.69, 9.17) is 0 Å². The molecular formula is C11H10BrN3. The molecule has 2 heterocycles. The van der Waals surface area contributed by atoms with Gasteiger partial charge in [-0.15, -0.1) is 0 Å². The zero-order valence-corrected chi connectivity index (χ0v) is 9.61. The van der Waals surface area contributed by atoms with Crippen molar-refractivity contribution in [3.05, 3.63) is 53.0 Å². The van der Waals surface area contributed by atoms with Gasteiger partial charge in [0.25, 0.3) is 0 Å². The van der Waals surface area contributed by atoms with E-state index in [1.165, 1.54) is 0 Å². The lowest BCUT2D eigenvalue weighted by molar-refractivity contribution is 1.04. The maximum absolute atomic E-state index is 4.26. The zero-order valence-electron chi connectivity index (χ0n) is 8.02. The fraction of sp³-hybridized carbons (Fsp3) is 0.0909. The topological polar surface area (TPSA) is 37.8 Å². The molecule has 4 heteroatoms. The van der Waals surface area contributed by atoms with Gasteiger partial charge < -0.3 is 5.32 Å². The SMILES string of the molecule is Brc1ccc(CNc2cccnc2)nc1. The zero-order chi connectivity index (χ0) is 10.5. The molecule has 3 nitrogen and oxygen atoms in total. The summed E-state index contributed by atoms with van der Waals surface area (Å²) in [5, 5.41) is 3.24. The summed E-state index contributed by atoms with van der Waals surface area (Å²) in [6.07, 6.45) is 5.34. The average molecular weight is 264 g/mol. The Morgan fingerprint density at radius 3 is 2.80 bits per heavy atom. The summed E-state index contributed by atoms with van der Waals surface area (Å²) in [5.41, 5.74) is 2.00. The van der Waals surface area contributed by atoms with Crippen LogP contribution < -0.4 is 5.32 Å². The predicted molar refractivity (Wildman–Crippen MR) is 63.5 cm³/mol. The number of nitrogens with one attached hydrogen (secondary N) is 1. The van der Waals surface area contributed by atoms with Crippen molar-refractivity contribution < 1.29 is 0 Å². The molecule has 0 atom stereocenters. The van der Waals surface area contributed by atoms with E-state index in [0.29, 0.717) is 6.54 Å². The molecule has 0 aliphatic heterocycles. The third-order valence-corrected chi connectivity index (χ3v) is 2.39. The number of anilines is 1. The number of pyridine rings is 2. The molecule has 0 aliphatic rings. The van der Waals surface area contributed by atoms with Crippen molar-refractivity contribution in [3.8, 4) is 0 Å². The van der Waals surface area contributed by atoms with Crippen molar-refractivity contribution in [3.63, 3.8) is 0 Å². The van der Waals surface area contributed by atoms with Gasteiger partial charge in [0, 0.05) is 23.1 Å². The minimum atomic E-state index is 0.707. The highest BCUT2D eigenvalue weighted by Gasteiger charge is 1.94. The first-order valence-electron chi connectivity index (χ1n) is 4.59. The molecule has 1 N–H and O–H groups in total. The normalized spacial score (nSPS) is 9.93. The van der Waals surface area contributed by atoms with E-state index >= 15 is 0 Å². The molecule has 0 amide bonds. The van der Waals surface area contributed by atoms with E-state index in [1.54, 1.807) is 18.6 Å². The van der Waals surface area contributed by atoms with Crippen molar-refractivity contribution in [2.75, 3.05) is 5.32 Å². The Labute approximate surface area is 96.7 Å². The highest BCUT2D eigenvalue weighted by molar-refractivity contribution is 9.10. The second-order valence-electron chi connectivity index (χ2n) is 3.06. The maximum atomic E-state index is 4.26. The van der Waals surface area contributed by atoms with E-state index in [9.17, 15) is 0 Å². The molecule has 2 rings (SSSR count). The monoisotopic (exact) mass is 263 g/mol. The van der Waals surface area contributed by atoms with Gasteiger partial charge in [-0.25, -0.2) is 0 Å². The van der Waals surface area contributed by atoms with Crippen LogP contribution in [0.5, 0.6) is 0 Å². The van der Waals surface area contributed by atoms with Gasteiger partial charge >= 0.3 is 0 Å². The summed E-state index contributed by atoms with van der Waals surface area (Å²) < 4.78 is 0.993. The molecule has 2 aromatic heterocycles. The van der Waals surface area contributed by atoms with Crippen molar-refractivity contribution in [2.24, 2.45) is 0 Å². The Morgan fingerprint density at radius 1 is 1.20 bits per heavy atom. The minimum Gasteiger partial charge on any atom is -0.378 e. The third-order valence-electron chi connectivity index (χ3n) is 1.92. The molecule has 0 saturated carbocycles. The van der Waals surface area contributed by atoms with Crippen LogP contribution in [0, 0.1) is 0 Å². The van der Waals surface area contributed by atoms with Crippen LogP contribution in [0.1, 0.15) is 5.69 Å². The Kier molecular flexibility index (Phi) is 3.29. The Hall–Kier alpha value is -1.42. The highest BCUT2D eigenvalue weighted by Crippen LogP contribution is 2.09. The third kappa shape index (κ3) is 3.02. The molecule has 0 spiro atoms. The largest absolute Gasteiger partial charge is 0.378 e. The number of halogens is 1. The molecule has 0 bridgehead atoms. The lowest BCUT2D eigenvalue weighted by atomic mass is 10.3. The first-order chi connectivity index (χ1) is 7.34. The highest BCUT2D eigenvalue weighted by atomic mass is 79.9. The van der Waals surface area contributed by atoms with Gasteiger partial charge in [-0.05, 0) is 40.2 Å². The first-order valence-corrected chi connectivity index (χ1v) is 5.38. The van der Waals surface area contributed by atoms with Crippen LogP contribution in [0.15, 0.2) is 47.3 Å². The second-order valence-corrected chi connectivity index (χ2v) is 3.98. The molecule has 15 heavy (non-hydrogen) atoms. The van der Waals surface area contributed by atoms with Gasteiger partial charge in [0.1, 0.15) is 0 Å². The summed E-state index contributed by atoms with van der Waals surface area (Å²) in [4.78, 5) is 8.28. The van der Waals surface area contributed by atoms with Gasteiger partial charge in [-0.3, -0.25) is 9.97 Å². The smallest absolute Gasteiger partial charge is 0.0595 e. The van der Waals surface area contributed by atoms with Crippen molar-refractivity contribution >= 4 is 21.6 Å². The van der Waals surface area contributed by atoms with Crippen molar-refractivity contribution in [1.82, 2.24) is 9.97 Å². The molecule has 0 aliphatic carbocycles. The van der Waals surface area contributed by atoms with Crippen LogP contribution in [0.4, 0.5) is 5.69 Å².